The van der Waals surface area contributed by atoms with Crippen LogP contribution < -0.4 is 9.64 Å². The third-order valence-corrected chi connectivity index (χ3v) is 8.09. The van der Waals surface area contributed by atoms with Gasteiger partial charge in [0.2, 0.25) is 11.9 Å². The van der Waals surface area contributed by atoms with E-state index < -0.39 is 17.8 Å². The molecule has 0 spiro atoms. The van der Waals surface area contributed by atoms with E-state index in [4.69, 9.17) is 9.47 Å². The lowest BCUT2D eigenvalue weighted by molar-refractivity contribution is -0.161. The maximum atomic E-state index is 14.5. The molecular formula is C28H35F3N4O3. The zero-order valence-electron chi connectivity index (χ0n) is 21.8. The molecule has 3 fully saturated rings. The van der Waals surface area contributed by atoms with E-state index in [-0.39, 0.29) is 31.4 Å². The van der Waals surface area contributed by atoms with Gasteiger partial charge in [-0.25, -0.2) is 14.4 Å². The first kappa shape index (κ1) is 26.7. The van der Waals surface area contributed by atoms with Gasteiger partial charge in [-0.2, -0.15) is 8.78 Å². The van der Waals surface area contributed by atoms with E-state index in [1.165, 1.54) is 18.6 Å². The second kappa shape index (κ2) is 11.5. The van der Waals surface area contributed by atoms with Crippen LogP contribution in [-0.2, 0) is 22.6 Å². The van der Waals surface area contributed by atoms with Crippen molar-refractivity contribution in [1.82, 2.24) is 14.9 Å². The second-order valence-electron chi connectivity index (χ2n) is 10.7. The Labute approximate surface area is 221 Å². The number of aromatic nitrogens is 2. The molecule has 206 valence electrons. The summed E-state index contributed by atoms with van der Waals surface area (Å²) >= 11 is 0. The van der Waals surface area contributed by atoms with Gasteiger partial charge < -0.3 is 14.4 Å². The van der Waals surface area contributed by atoms with Crippen LogP contribution in [0.15, 0.2) is 30.6 Å². The Kier molecular flexibility index (Phi) is 8.07. The summed E-state index contributed by atoms with van der Waals surface area (Å²) in [6.07, 6.45) is 7.55. The standard InChI is InChI=1S/C28H35F3N4O3/c1-37-18-19-16-32-27(33-17-19)34-10-5-20(6-11-34)24-13-21(24)7-12-38-23-4-3-22(25(29)15-23)14-26(36)35-9-2-8-28(35,30)31/h3-4,15-17,20-21,24H,2,5-14,18H2,1H3/t21-,24?/m1/s1. The molecule has 0 N–H and O–H groups in total. The topological polar surface area (TPSA) is 67.8 Å². The molecular weight excluding hydrogens is 497 g/mol. The molecule has 5 rings (SSSR count). The lowest BCUT2D eigenvalue weighted by atomic mass is 9.90. The van der Waals surface area contributed by atoms with E-state index in [1.54, 1.807) is 13.2 Å². The van der Waals surface area contributed by atoms with Crippen molar-refractivity contribution in [3.8, 4) is 5.75 Å². The number of rotatable bonds is 10. The fourth-order valence-electron chi connectivity index (χ4n) is 5.86. The summed E-state index contributed by atoms with van der Waals surface area (Å²) in [5, 5.41) is 0. The first-order valence-corrected chi connectivity index (χ1v) is 13.5. The number of benzene rings is 1. The predicted octanol–water partition coefficient (Wildman–Crippen LogP) is 4.84. The molecule has 1 saturated carbocycles. The highest BCUT2D eigenvalue weighted by atomic mass is 19.3. The van der Waals surface area contributed by atoms with E-state index in [0.717, 1.165) is 43.9 Å². The van der Waals surface area contributed by atoms with Gasteiger partial charge in [-0.15, -0.1) is 0 Å². The van der Waals surface area contributed by atoms with Crippen molar-refractivity contribution >= 4 is 11.9 Å². The summed E-state index contributed by atoms with van der Waals surface area (Å²) in [6.45, 7) is 2.93. The minimum Gasteiger partial charge on any atom is -0.493 e. The van der Waals surface area contributed by atoms with Crippen LogP contribution in [0.1, 0.15) is 49.7 Å². The number of carbonyl (C=O) groups is 1. The number of anilines is 1. The smallest absolute Gasteiger partial charge is 0.327 e. The Hall–Kier alpha value is -2.88. The van der Waals surface area contributed by atoms with Gasteiger partial charge in [0, 0.05) is 57.2 Å². The molecule has 1 aromatic heterocycles. The average Bonchev–Trinajstić information content (AvgIpc) is 3.59. The summed E-state index contributed by atoms with van der Waals surface area (Å²) < 4.78 is 53.0. The quantitative estimate of drug-likeness (QED) is 0.408. The van der Waals surface area contributed by atoms with Gasteiger partial charge in [0.25, 0.3) is 0 Å². The largest absolute Gasteiger partial charge is 0.493 e. The number of amides is 1. The Morgan fingerprint density at radius 2 is 1.92 bits per heavy atom. The van der Waals surface area contributed by atoms with Crippen molar-refractivity contribution in [2.45, 2.75) is 57.6 Å². The molecule has 1 unspecified atom stereocenters. The highest BCUT2D eigenvalue weighted by Crippen LogP contribution is 2.50. The Morgan fingerprint density at radius 3 is 2.58 bits per heavy atom. The summed E-state index contributed by atoms with van der Waals surface area (Å²) in [6, 6.07) is 1.17. The number of hydrogen-bond acceptors (Lipinski definition) is 6. The molecule has 2 atom stereocenters. The Bertz CT molecular complexity index is 1110. The molecule has 1 aromatic carbocycles. The van der Waals surface area contributed by atoms with Gasteiger partial charge in [-0.3, -0.25) is 9.69 Å². The third-order valence-electron chi connectivity index (χ3n) is 8.09. The zero-order chi connectivity index (χ0) is 26.7. The van der Waals surface area contributed by atoms with E-state index >= 15 is 0 Å². The van der Waals surface area contributed by atoms with Crippen molar-refractivity contribution in [3.05, 3.63) is 47.5 Å². The van der Waals surface area contributed by atoms with Gasteiger partial charge in [-0.05, 0) is 61.5 Å². The number of nitrogens with zero attached hydrogens (tertiary/aromatic N) is 4. The summed E-state index contributed by atoms with van der Waals surface area (Å²) in [5.41, 5.74) is 1.07. The number of methoxy groups -OCH3 is 1. The lowest BCUT2D eigenvalue weighted by Crippen LogP contribution is -2.41. The molecule has 3 heterocycles. The number of likely N-dealkylation sites (tertiary alicyclic amines) is 1. The Morgan fingerprint density at radius 1 is 1.16 bits per heavy atom. The van der Waals surface area contributed by atoms with Gasteiger partial charge >= 0.3 is 6.05 Å². The lowest BCUT2D eigenvalue weighted by Gasteiger charge is -2.32. The van der Waals surface area contributed by atoms with Crippen LogP contribution in [0.5, 0.6) is 5.75 Å². The minimum atomic E-state index is -3.14. The molecule has 1 aliphatic carbocycles. The monoisotopic (exact) mass is 532 g/mol. The summed E-state index contributed by atoms with van der Waals surface area (Å²) in [7, 11) is 1.66. The van der Waals surface area contributed by atoms with Crippen LogP contribution in [0.3, 0.4) is 0 Å². The SMILES string of the molecule is COCc1cnc(N2CCC(C3C[C@H]3CCOc3ccc(CC(=O)N4CCCC4(F)F)c(F)c3)CC2)nc1. The number of hydrogen-bond donors (Lipinski definition) is 0. The van der Waals surface area contributed by atoms with Crippen LogP contribution in [0.4, 0.5) is 19.1 Å². The normalized spacial score (nSPS) is 23.1. The number of carbonyl (C=O) groups excluding carboxylic acids is 1. The minimum absolute atomic E-state index is 0.00738. The van der Waals surface area contributed by atoms with Crippen molar-refractivity contribution in [2.75, 3.05) is 38.3 Å². The Balaban J connectivity index is 1.02. The van der Waals surface area contributed by atoms with E-state index in [9.17, 15) is 18.0 Å². The van der Waals surface area contributed by atoms with E-state index in [0.29, 0.717) is 41.6 Å². The molecule has 2 aliphatic heterocycles. The number of ether oxygens (including phenoxy) is 2. The first-order valence-electron chi connectivity index (χ1n) is 13.5. The highest BCUT2D eigenvalue weighted by Gasteiger charge is 2.45. The second-order valence-corrected chi connectivity index (χ2v) is 10.7. The number of alkyl halides is 2. The van der Waals surface area contributed by atoms with Crippen LogP contribution >= 0.6 is 0 Å². The van der Waals surface area contributed by atoms with Crippen molar-refractivity contribution in [3.63, 3.8) is 0 Å². The fourth-order valence-corrected chi connectivity index (χ4v) is 5.86. The van der Waals surface area contributed by atoms with Gasteiger partial charge in [0.1, 0.15) is 11.6 Å². The number of piperidine rings is 1. The van der Waals surface area contributed by atoms with Crippen molar-refractivity contribution in [1.29, 1.82) is 0 Å². The van der Waals surface area contributed by atoms with Gasteiger partial charge in [0.15, 0.2) is 0 Å². The summed E-state index contributed by atoms with van der Waals surface area (Å²) in [4.78, 5) is 24.0. The molecule has 3 aliphatic rings. The predicted molar refractivity (Wildman–Crippen MR) is 135 cm³/mol. The van der Waals surface area contributed by atoms with Crippen molar-refractivity contribution in [2.24, 2.45) is 17.8 Å². The molecule has 0 bridgehead atoms. The van der Waals surface area contributed by atoms with Gasteiger partial charge in [0.05, 0.1) is 19.6 Å². The molecule has 0 radical (unpaired) electrons. The average molecular weight is 533 g/mol. The maximum absolute atomic E-state index is 14.5. The van der Waals surface area contributed by atoms with E-state index in [2.05, 4.69) is 14.9 Å². The van der Waals surface area contributed by atoms with Crippen molar-refractivity contribution < 1.29 is 27.4 Å². The highest BCUT2D eigenvalue weighted by molar-refractivity contribution is 5.79. The molecule has 2 aromatic rings. The first-order chi connectivity index (χ1) is 18.3. The number of halogens is 3. The molecule has 7 nitrogen and oxygen atoms in total. The fraction of sp³-hybridized carbons (Fsp3) is 0.607. The molecule has 2 saturated heterocycles. The molecule has 1 amide bonds. The van der Waals surface area contributed by atoms with Crippen LogP contribution in [-0.4, -0.2) is 60.2 Å². The van der Waals surface area contributed by atoms with Crippen LogP contribution in [0.2, 0.25) is 0 Å². The van der Waals surface area contributed by atoms with Crippen LogP contribution in [0.25, 0.3) is 0 Å². The third kappa shape index (κ3) is 6.22. The maximum Gasteiger partial charge on any atom is 0.327 e. The summed E-state index contributed by atoms with van der Waals surface area (Å²) in [5.74, 6) is 1.85. The molecule has 38 heavy (non-hydrogen) atoms. The van der Waals surface area contributed by atoms with E-state index in [1.807, 2.05) is 12.4 Å². The van der Waals surface area contributed by atoms with Crippen LogP contribution in [0, 0.1) is 23.6 Å². The van der Waals surface area contributed by atoms with Gasteiger partial charge in [-0.1, -0.05) is 6.07 Å². The zero-order valence-corrected chi connectivity index (χ0v) is 21.8. The molecule has 10 heteroatoms.